The first-order valence-electron chi connectivity index (χ1n) is 7.80. The lowest BCUT2D eigenvalue weighted by atomic mass is 9.96. The predicted octanol–water partition coefficient (Wildman–Crippen LogP) is 0.128. The monoisotopic (exact) mass is 492 g/mol. The van der Waals surface area contributed by atoms with Gasteiger partial charge in [0, 0.05) is 4.43 Å². The van der Waals surface area contributed by atoms with Crippen molar-refractivity contribution < 1.29 is 28.4 Å². The second-order valence-electron chi connectivity index (χ2n) is 6.27. The summed E-state index contributed by atoms with van der Waals surface area (Å²) in [6, 6.07) is 6.57. The van der Waals surface area contributed by atoms with Crippen molar-refractivity contribution in [2.75, 3.05) is 11.0 Å². The van der Waals surface area contributed by atoms with Crippen molar-refractivity contribution >= 4 is 51.2 Å². The number of aliphatic carboxylic acids is 1. The average molecular weight is 492 g/mol. The molecule has 140 valence electrons. The van der Waals surface area contributed by atoms with E-state index in [9.17, 15) is 23.7 Å². The quantitative estimate of drug-likeness (QED) is 0.332. The maximum Gasteiger partial charge on any atom is 0.328 e. The van der Waals surface area contributed by atoms with Crippen LogP contribution in [-0.4, -0.2) is 65.2 Å². The van der Waals surface area contributed by atoms with Gasteiger partial charge in [-0.25, -0.2) is 4.79 Å². The number of alkyl halides is 1. The van der Waals surface area contributed by atoms with Gasteiger partial charge < -0.3 is 20.1 Å². The van der Waals surface area contributed by atoms with Crippen LogP contribution in [-0.2, 0) is 25.2 Å². The van der Waals surface area contributed by atoms with Crippen LogP contribution >= 0.6 is 22.6 Å². The van der Waals surface area contributed by atoms with E-state index >= 15 is 0 Å². The number of para-hydroxylation sites is 1. The maximum absolute atomic E-state index is 12.8. The van der Waals surface area contributed by atoms with E-state index in [2.05, 4.69) is 5.32 Å². The molecule has 0 saturated carbocycles. The number of fused-ring (bicyclic) bond motifs is 1. The molecule has 0 spiro atoms. The molecule has 2 heterocycles. The molecule has 2 aliphatic heterocycles. The number of benzene rings is 1. The third kappa shape index (κ3) is 2.98. The highest BCUT2D eigenvalue weighted by Gasteiger charge is 2.69. The molecule has 5 atom stereocenters. The van der Waals surface area contributed by atoms with Crippen molar-refractivity contribution in [3.05, 3.63) is 30.3 Å². The van der Waals surface area contributed by atoms with Crippen LogP contribution < -0.4 is 10.1 Å². The summed E-state index contributed by atoms with van der Waals surface area (Å²) in [5.41, 5.74) is 0. The fourth-order valence-electron chi connectivity index (χ4n) is 3.19. The smallest absolute Gasteiger partial charge is 0.328 e. The van der Waals surface area contributed by atoms with Crippen molar-refractivity contribution in [1.29, 1.82) is 0 Å². The first-order valence-corrected chi connectivity index (χ1v) is 10.5. The molecular formula is C16H17IN2O6S. The van der Waals surface area contributed by atoms with Gasteiger partial charge in [-0.1, -0.05) is 40.8 Å². The Bertz CT molecular complexity index is 775. The molecule has 3 rings (SSSR count). The number of carboxylic acids is 1. The Balaban J connectivity index is 1.68. The number of rotatable bonds is 6. The van der Waals surface area contributed by atoms with E-state index in [0.29, 0.717) is 10.2 Å². The van der Waals surface area contributed by atoms with E-state index in [1.54, 1.807) is 31.2 Å². The highest BCUT2D eigenvalue weighted by atomic mass is 127. The van der Waals surface area contributed by atoms with Gasteiger partial charge in [-0.05, 0) is 19.1 Å². The number of nitrogens with one attached hydrogen (secondary N) is 1. The molecule has 1 aromatic carbocycles. The van der Waals surface area contributed by atoms with Crippen molar-refractivity contribution in [2.24, 2.45) is 0 Å². The summed E-state index contributed by atoms with van der Waals surface area (Å²) in [5.74, 6) is -1.74. The molecule has 26 heavy (non-hydrogen) atoms. The Labute approximate surface area is 165 Å². The van der Waals surface area contributed by atoms with Gasteiger partial charge in [0.05, 0.1) is 15.5 Å². The Hall–Kier alpha value is -1.69. The zero-order valence-corrected chi connectivity index (χ0v) is 16.7. The molecule has 2 aliphatic rings. The average Bonchev–Trinajstić information content (AvgIpc) is 2.85. The minimum absolute atomic E-state index is 0.293. The molecule has 1 aromatic rings. The number of carboxylic acid groups (broad SMARTS) is 1. The molecule has 10 heteroatoms. The van der Waals surface area contributed by atoms with Crippen molar-refractivity contribution in [2.45, 2.75) is 29.1 Å². The second kappa shape index (κ2) is 7.14. The van der Waals surface area contributed by atoms with E-state index in [4.69, 9.17) is 4.74 Å². The number of ether oxygens (including phenoxy) is 1. The van der Waals surface area contributed by atoms with Gasteiger partial charge in [0.2, 0.25) is 5.91 Å². The Morgan fingerprint density at radius 1 is 1.38 bits per heavy atom. The van der Waals surface area contributed by atoms with Gasteiger partial charge >= 0.3 is 5.97 Å². The van der Waals surface area contributed by atoms with Crippen molar-refractivity contribution in [1.82, 2.24) is 10.2 Å². The fraction of sp³-hybridized carbons (Fsp3) is 0.438. The SMILES string of the molecule is CC1(CI)C(C(=O)O)N2C(=O)C(NC(=O)COc3ccccc3)[C@@H]2S1=O. The minimum Gasteiger partial charge on any atom is -0.484 e. The summed E-state index contributed by atoms with van der Waals surface area (Å²) in [4.78, 5) is 37.2. The van der Waals surface area contributed by atoms with Gasteiger partial charge in [-0.2, -0.15) is 0 Å². The molecule has 0 aromatic heterocycles. The van der Waals surface area contributed by atoms with Gasteiger partial charge in [0.15, 0.2) is 6.61 Å². The van der Waals surface area contributed by atoms with Gasteiger partial charge in [-0.15, -0.1) is 0 Å². The molecular weight excluding hydrogens is 475 g/mol. The third-order valence-corrected chi connectivity index (χ3v) is 8.87. The summed E-state index contributed by atoms with van der Waals surface area (Å²) in [6.07, 6.45) is 0. The number of hydrogen-bond donors (Lipinski definition) is 2. The van der Waals surface area contributed by atoms with Gasteiger partial charge in [0.25, 0.3) is 5.91 Å². The zero-order valence-electron chi connectivity index (χ0n) is 13.8. The number of hydrogen-bond acceptors (Lipinski definition) is 5. The van der Waals surface area contributed by atoms with Crippen molar-refractivity contribution in [3.8, 4) is 5.75 Å². The normalized spacial score (nSPS) is 32.5. The Morgan fingerprint density at radius 2 is 2.04 bits per heavy atom. The van der Waals surface area contributed by atoms with E-state index in [-0.39, 0.29) is 6.61 Å². The summed E-state index contributed by atoms with van der Waals surface area (Å²) >= 11 is 1.98. The molecule has 2 N–H and O–H groups in total. The van der Waals surface area contributed by atoms with Crippen molar-refractivity contribution in [3.63, 3.8) is 0 Å². The molecule has 4 unspecified atom stereocenters. The molecule has 8 nitrogen and oxygen atoms in total. The molecule has 0 radical (unpaired) electrons. The second-order valence-corrected chi connectivity index (χ2v) is 9.04. The largest absolute Gasteiger partial charge is 0.484 e. The molecule has 0 bridgehead atoms. The maximum atomic E-state index is 12.8. The number of β-lactam (4-membered cyclic amide) rings is 1. The molecule has 2 amide bonds. The number of amides is 2. The summed E-state index contributed by atoms with van der Waals surface area (Å²) in [6.45, 7) is 1.30. The molecule has 2 fully saturated rings. The number of carbonyl (C=O) groups excluding carboxylic acids is 2. The minimum atomic E-state index is -1.61. The number of halogens is 1. The number of nitrogens with zero attached hydrogens (tertiary/aromatic N) is 1. The van der Waals surface area contributed by atoms with Crippen LogP contribution in [0.5, 0.6) is 5.75 Å². The van der Waals surface area contributed by atoms with Crippen LogP contribution in [0.1, 0.15) is 6.92 Å². The lowest BCUT2D eigenvalue weighted by Gasteiger charge is -2.43. The summed E-state index contributed by atoms with van der Waals surface area (Å²) in [5, 5.41) is 11.2. The van der Waals surface area contributed by atoms with Crippen LogP contribution in [0.15, 0.2) is 30.3 Å². The predicted molar refractivity (Wildman–Crippen MR) is 101 cm³/mol. The fourth-order valence-corrected chi connectivity index (χ4v) is 6.48. The summed E-state index contributed by atoms with van der Waals surface area (Å²) in [7, 11) is -1.61. The van der Waals surface area contributed by atoms with E-state index in [0.717, 1.165) is 4.90 Å². The van der Waals surface area contributed by atoms with Crippen LogP contribution in [0.3, 0.4) is 0 Å². The Morgan fingerprint density at radius 3 is 2.62 bits per heavy atom. The lowest BCUT2D eigenvalue weighted by molar-refractivity contribution is -0.161. The molecule has 2 saturated heterocycles. The first-order chi connectivity index (χ1) is 12.3. The van der Waals surface area contributed by atoms with Gasteiger partial charge in [0.1, 0.15) is 23.2 Å². The standard InChI is InChI=1S/C16H17IN2O6S/c1-16(8-17)12(15(22)23)19-13(21)11(14(19)26(16)24)18-10(20)7-25-9-5-3-2-4-6-9/h2-6,11-12,14H,7-8H2,1H3,(H,18,20)(H,22,23)/t11?,12?,14-,16?,26?/m0/s1. The van der Waals surface area contributed by atoms with Crippen LogP contribution in [0.4, 0.5) is 0 Å². The van der Waals surface area contributed by atoms with Crippen LogP contribution in [0.2, 0.25) is 0 Å². The Kier molecular flexibility index (Phi) is 5.24. The highest BCUT2D eigenvalue weighted by Crippen LogP contribution is 2.44. The van der Waals surface area contributed by atoms with Gasteiger partial charge in [-0.3, -0.25) is 13.8 Å². The molecule has 0 aliphatic carbocycles. The topological polar surface area (TPSA) is 113 Å². The first kappa shape index (κ1) is 19.1. The van der Waals surface area contributed by atoms with Crippen LogP contribution in [0.25, 0.3) is 0 Å². The third-order valence-electron chi connectivity index (χ3n) is 4.54. The highest BCUT2D eigenvalue weighted by molar-refractivity contribution is 14.1. The summed E-state index contributed by atoms with van der Waals surface area (Å²) < 4.78 is 17.4. The van der Waals surface area contributed by atoms with Crippen LogP contribution in [0, 0.1) is 0 Å². The zero-order chi connectivity index (χ0) is 19.1. The lowest BCUT2D eigenvalue weighted by Crippen LogP contribution is -2.71. The van der Waals surface area contributed by atoms with E-state index < -0.39 is 50.8 Å². The number of carbonyl (C=O) groups is 3. The van der Waals surface area contributed by atoms with E-state index in [1.807, 2.05) is 28.7 Å². The van der Waals surface area contributed by atoms with E-state index in [1.165, 1.54) is 0 Å².